The maximum Gasteiger partial charge on any atom is 0.335 e. The lowest BCUT2D eigenvalue weighted by atomic mass is 10.2. The molecule has 0 aliphatic carbocycles. The zero-order valence-corrected chi connectivity index (χ0v) is 13.5. The van der Waals surface area contributed by atoms with Gasteiger partial charge in [-0.25, -0.2) is 13.2 Å². The van der Waals surface area contributed by atoms with E-state index in [0.717, 1.165) is 6.07 Å². The van der Waals surface area contributed by atoms with Crippen molar-refractivity contribution in [2.24, 2.45) is 0 Å². The Kier molecular flexibility index (Phi) is 5.74. The minimum atomic E-state index is -3.82. The Labute approximate surface area is 125 Å². The molecule has 1 N–H and O–H groups in total. The highest BCUT2D eigenvalue weighted by atomic mass is 32.2. The number of ether oxygens (including phenoxy) is 1. The van der Waals surface area contributed by atoms with Gasteiger partial charge in [-0.2, -0.15) is 4.31 Å². The van der Waals surface area contributed by atoms with Gasteiger partial charge >= 0.3 is 5.97 Å². The molecule has 0 fully saturated rings. The molecule has 0 heterocycles. The van der Waals surface area contributed by atoms with Crippen LogP contribution in [0.15, 0.2) is 23.1 Å². The van der Waals surface area contributed by atoms with Crippen LogP contribution in [0.2, 0.25) is 0 Å². The predicted octanol–water partition coefficient (Wildman–Crippen LogP) is 2.20. The highest BCUT2D eigenvalue weighted by Crippen LogP contribution is 2.29. The summed E-state index contributed by atoms with van der Waals surface area (Å²) in [6, 6.07) is 3.64. The lowest BCUT2D eigenvalue weighted by Crippen LogP contribution is -2.38. The van der Waals surface area contributed by atoms with Crippen molar-refractivity contribution in [1.29, 1.82) is 0 Å². The molecule has 1 aromatic carbocycles. The molecule has 1 atom stereocenters. The van der Waals surface area contributed by atoms with E-state index in [1.165, 1.54) is 23.5 Å². The summed E-state index contributed by atoms with van der Waals surface area (Å²) in [5, 5.41) is 9.04. The number of carboxylic acids is 1. The average Bonchev–Trinajstić information content (AvgIpc) is 2.46. The number of methoxy groups -OCH3 is 1. The molecular weight excluding hydrogens is 294 g/mol. The van der Waals surface area contributed by atoms with Crippen LogP contribution in [-0.4, -0.2) is 43.5 Å². The molecule has 0 spiro atoms. The standard InChI is InChI=1S/C14H21NO5S/c1-5-10(3)15(6-2)21(18,19)13-9-11(14(16)17)7-8-12(13)20-4/h7-10H,5-6H2,1-4H3,(H,16,17). The molecule has 7 heteroatoms. The van der Waals surface area contributed by atoms with Gasteiger partial charge in [0.1, 0.15) is 10.6 Å². The molecule has 0 bridgehead atoms. The highest BCUT2D eigenvalue weighted by molar-refractivity contribution is 7.89. The molecule has 0 saturated carbocycles. The van der Waals surface area contributed by atoms with Crippen LogP contribution in [0.25, 0.3) is 0 Å². The van der Waals surface area contributed by atoms with Crippen molar-refractivity contribution >= 4 is 16.0 Å². The molecule has 118 valence electrons. The number of sulfonamides is 1. The van der Waals surface area contributed by atoms with Gasteiger partial charge in [0.15, 0.2) is 0 Å². The number of benzene rings is 1. The van der Waals surface area contributed by atoms with Gasteiger partial charge in [0.25, 0.3) is 0 Å². The Morgan fingerprint density at radius 3 is 2.43 bits per heavy atom. The van der Waals surface area contributed by atoms with Crippen LogP contribution in [0.4, 0.5) is 0 Å². The monoisotopic (exact) mass is 315 g/mol. The summed E-state index contributed by atoms with van der Waals surface area (Å²) in [5.41, 5.74) is -0.0884. The van der Waals surface area contributed by atoms with Gasteiger partial charge in [-0.1, -0.05) is 13.8 Å². The van der Waals surface area contributed by atoms with Gasteiger partial charge in [0.2, 0.25) is 10.0 Å². The van der Waals surface area contributed by atoms with Gasteiger partial charge in [0, 0.05) is 12.6 Å². The maximum absolute atomic E-state index is 12.8. The average molecular weight is 315 g/mol. The van der Waals surface area contributed by atoms with Crippen LogP contribution in [0.5, 0.6) is 5.75 Å². The van der Waals surface area contributed by atoms with E-state index in [-0.39, 0.29) is 22.3 Å². The first-order valence-electron chi connectivity index (χ1n) is 6.72. The topological polar surface area (TPSA) is 83.9 Å². The third-order valence-electron chi connectivity index (χ3n) is 3.39. The maximum atomic E-state index is 12.8. The van der Waals surface area contributed by atoms with E-state index in [1.54, 1.807) is 6.92 Å². The minimum Gasteiger partial charge on any atom is -0.495 e. The molecule has 1 unspecified atom stereocenters. The lowest BCUT2D eigenvalue weighted by molar-refractivity contribution is 0.0696. The van der Waals surface area contributed by atoms with Gasteiger partial charge < -0.3 is 9.84 Å². The molecule has 0 aliphatic rings. The molecule has 0 aromatic heterocycles. The van der Waals surface area contributed by atoms with Crippen LogP contribution < -0.4 is 4.74 Å². The van der Waals surface area contributed by atoms with E-state index >= 15 is 0 Å². The van der Waals surface area contributed by atoms with E-state index in [1.807, 2.05) is 13.8 Å². The molecule has 0 radical (unpaired) electrons. The molecule has 21 heavy (non-hydrogen) atoms. The van der Waals surface area contributed by atoms with Gasteiger partial charge in [-0.3, -0.25) is 0 Å². The first-order valence-corrected chi connectivity index (χ1v) is 8.16. The van der Waals surface area contributed by atoms with E-state index in [9.17, 15) is 13.2 Å². The van der Waals surface area contributed by atoms with Crippen molar-refractivity contribution in [3.8, 4) is 5.75 Å². The molecular formula is C14H21NO5S. The number of rotatable bonds is 7. The molecule has 1 aromatic rings. The Hall–Kier alpha value is -1.60. The third-order valence-corrected chi connectivity index (χ3v) is 5.50. The third kappa shape index (κ3) is 3.54. The Morgan fingerprint density at radius 1 is 1.38 bits per heavy atom. The van der Waals surface area contributed by atoms with Gasteiger partial charge in [-0.15, -0.1) is 0 Å². The van der Waals surface area contributed by atoms with E-state index in [0.29, 0.717) is 13.0 Å². The molecule has 1 rings (SSSR count). The summed E-state index contributed by atoms with van der Waals surface area (Å²) < 4.78 is 32.0. The molecule has 0 amide bonds. The number of nitrogens with zero attached hydrogens (tertiary/aromatic N) is 1. The fourth-order valence-electron chi connectivity index (χ4n) is 2.06. The second kappa shape index (κ2) is 6.91. The van der Waals surface area contributed by atoms with Crippen LogP contribution in [-0.2, 0) is 10.0 Å². The number of hydrogen-bond acceptors (Lipinski definition) is 4. The van der Waals surface area contributed by atoms with Crippen LogP contribution in [0.1, 0.15) is 37.6 Å². The Morgan fingerprint density at radius 2 is 2.00 bits per heavy atom. The Bertz CT molecular complexity index is 612. The fraction of sp³-hybridized carbons (Fsp3) is 0.500. The second-order valence-corrected chi connectivity index (χ2v) is 6.50. The quantitative estimate of drug-likeness (QED) is 0.834. The lowest BCUT2D eigenvalue weighted by Gasteiger charge is -2.27. The number of hydrogen-bond donors (Lipinski definition) is 1. The summed E-state index contributed by atoms with van der Waals surface area (Å²) in [4.78, 5) is 10.9. The fourth-order valence-corrected chi connectivity index (χ4v) is 3.96. The molecule has 6 nitrogen and oxygen atoms in total. The number of carboxylic acid groups (broad SMARTS) is 1. The van der Waals surface area contributed by atoms with Gasteiger partial charge in [0.05, 0.1) is 12.7 Å². The smallest absolute Gasteiger partial charge is 0.335 e. The van der Waals surface area contributed by atoms with Crippen molar-refractivity contribution in [1.82, 2.24) is 4.31 Å². The second-order valence-electron chi connectivity index (χ2n) is 4.64. The van der Waals surface area contributed by atoms with Gasteiger partial charge in [-0.05, 0) is 31.5 Å². The van der Waals surface area contributed by atoms with Crippen LogP contribution >= 0.6 is 0 Å². The van der Waals surface area contributed by atoms with E-state index < -0.39 is 16.0 Å². The Balaban J connectivity index is 3.47. The largest absolute Gasteiger partial charge is 0.495 e. The van der Waals surface area contributed by atoms with Crippen molar-refractivity contribution in [3.63, 3.8) is 0 Å². The van der Waals surface area contributed by atoms with Crippen LogP contribution in [0, 0.1) is 0 Å². The van der Waals surface area contributed by atoms with Crippen LogP contribution in [0.3, 0.4) is 0 Å². The number of aromatic carboxylic acids is 1. The summed E-state index contributed by atoms with van der Waals surface area (Å²) in [7, 11) is -2.46. The summed E-state index contributed by atoms with van der Waals surface area (Å²) >= 11 is 0. The first-order chi connectivity index (χ1) is 9.79. The number of carbonyl (C=O) groups is 1. The normalized spacial score (nSPS) is 13.2. The predicted molar refractivity (Wildman–Crippen MR) is 79.3 cm³/mol. The zero-order valence-electron chi connectivity index (χ0n) is 12.7. The SMILES string of the molecule is CCC(C)N(CC)S(=O)(=O)c1cc(C(=O)O)ccc1OC. The van der Waals surface area contributed by atoms with E-state index in [4.69, 9.17) is 9.84 Å². The highest BCUT2D eigenvalue weighted by Gasteiger charge is 2.30. The van der Waals surface area contributed by atoms with Crippen molar-refractivity contribution in [3.05, 3.63) is 23.8 Å². The van der Waals surface area contributed by atoms with Crippen molar-refractivity contribution in [2.45, 2.75) is 38.1 Å². The minimum absolute atomic E-state index is 0.0884. The molecule has 0 saturated heterocycles. The van der Waals surface area contributed by atoms with Crippen molar-refractivity contribution in [2.75, 3.05) is 13.7 Å². The first kappa shape index (κ1) is 17.5. The zero-order chi connectivity index (χ0) is 16.2. The summed E-state index contributed by atoms with van der Waals surface area (Å²) in [6.45, 7) is 5.76. The molecule has 0 aliphatic heterocycles. The summed E-state index contributed by atoms with van der Waals surface area (Å²) in [5.74, 6) is -1.04. The van der Waals surface area contributed by atoms with E-state index in [2.05, 4.69) is 0 Å². The summed E-state index contributed by atoms with van der Waals surface area (Å²) in [6.07, 6.45) is 0.661. The van der Waals surface area contributed by atoms with Crippen molar-refractivity contribution < 1.29 is 23.1 Å².